The standard InChI is InChI=1S/C25H26N8O4/c1-16-13-32(23(35)12-28-16)14-18-8-17-4-3-6-33(24(17)30-21(18)15-34)25(36)31-22-9-20(27-5-7-37-2)19(10-26)11-29-22/h8-9,11-13,15H,3-7,14H2,1-2H3,(H2,27,29,31,36). The lowest BCUT2D eigenvalue weighted by Gasteiger charge is -2.29. The average Bonchev–Trinajstić information content (AvgIpc) is 2.90. The van der Waals surface area contributed by atoms with E-state index in [1.165, 1.54) is 21.9 Å². The van der Waals surface area contributed by atoms with Crippen molar-refractivity contribution in [3.05, 3.63) is 69.2 Å². The van der Waals surface area contributed by atoms with Crippen LogP contribution in [0.25, 0.3) is 0 Å². The fourth-order valence-corrected chi connectivity index (χ4v) is 4.07. The van der Waals surface area contributed by atoms with Gasteiger partial charge in [-0.1, -0.05) is 0 Å². The Kier molecular flexibility index (Phi) is 7.85. The smallest absolute Gasteiger partial charge is 0.328 e. The fourth-order valence-electron chi connectivity index (χ4n) is 4.07. The van der Waals surface area contributed by atoms with E-state index in [4.69, 9.17) is 4.74 Å². The molecule has 4 heterocycles. The number of ether oxygens (including phenoxy) is 1. The van der Waals surface area contributed by atoms with E-state index < -0.39 is 6.03 Å². The number of nitriles is 1. The topological polar surface area (TPSA) is 155 Å². The van der Waals surface area contributed by atoms with Crippen LogP contribution in [0.3, 0.4) is 0 Å². The zero-order valence-corrected chi connectivity index (χ0v) is 20.5. The van der Waals surface area contributed by atoms with Crippen LogP contribution in [0, 0.1) is 18.3 Å². The molecule has 3 aromatic heterocycles. The second-order valence-corrected chi connectivity index (χ2v) is 8.46. The Morgan fingerprint density at radius 3 is 2.89 bits per heavy atom. The first-order valence-corrected chi connectivity index (χ1v) is 11.7. The van der Waals surface area contributed by atoms with Crippen LogP contribution in [0.15, 0.2) is 35.5 Å². The highest BCUT2D eigenvalue weighted by molar-refractivity contribution is 6.01. The number of aldehydes is 1. The number of hydrogen-bond donors (Lipinski definition) is 2. The van der Waals surface area contributed by atoms with E-state index in [1.807, 2.05) is 6.07 Å². The molecule has 4 rings (SSSR count). The molecule has 0 spiro atoms. The van der Waals surface area contributed by atoms with E-state index >= 15 is 0 Å². The van der Waals surface area contributed by atoms with Crippen LogP contribution in [0.4, 0.5) is 22.1 Å². The number of nitrogens with one attached hydrogen (secondary N) is 2. The number of amides is 2. The van der Waals surface area contributed by atoms with Crippen molar-refractivity contribution in [3.63, 3.8) is 0 Å². The predicted molar refractivity (Wildman–Crippen MR) is 136 cm³/mol. The number of aromatic nitrogens is 4. The first kappa shape index (κ1) is 25.5. The van der Waals surface area contributed by atoms with Gasteiger partial charge < -0.3 is 14.6 Å². The van der Waals surface area contributed by atoms with Crippen LogP contribution in [-0.4, -0.2) is 58.6 Å². The van der Waals surface area contributed by atoms with E-state index in [0.29, 0.717) is 67.2 Å². The minimum absolute atomic E-state index is 0.154. The van der Waals surface area contributed by atoms with Crippen molar-refractivity contribution in [1.29, 1.82) is 5.26 Å². The summed E-state index contributed by atoms with van der Waals surface area (Å²) >= 11 is 0. The summed E-state index contributed by atoms with van der Waals surface area (Å²) in [6.45, 7) is 3.27. The number of carbonyl (C=O) groups excluding carboxylic acids is 2. The molecule has 0 aliphatic carbocycles. The number of pyridine rings is 2. The second kappa shape index (κ2) is 11.4. The largest absolute Gasteiger partial charge is 0.383 e. The molecular formula is C25H26N8O4. The Balaban J connectivity index is 1.58. The van der Waals surface area contributed by atoms with Crippen molar-refractivity contribution in [2.75, 3.05) is 42.3 Å². The minimum Gasteiger partial charge on any atom is -0.383 e. The van der Waals surface area contributed by atoms with E-state index in [-0.39, 0.29) is 23.6 Å². The number of hydrogen-bond acceptors (Lipinski definition) is 9. The summed E-state index contributed by atoms with van der Waals surface area (Å²) in [6, 6.07) is 5.01. The van der Waals surface area contributed by atoms with Crippen molar-refractivity contribution >= 4 is 29.6 Å². The van der Waals surface area contributed by atoms with Gasteiger partial charge in [-0.05, 0) is 31.4 Å². The summed E-state index contributed by atoms with van der Waals surface area (Å²) in [5.74, 6) is 0.649. The summed E-state index contributed by atoms with van der Waals surface area (Å²) in [5, 5.41) is 15.2. The maximum atomic E-state index is 13.2. The Morgan fingerprint density at radius 2 is 2.14 bits per heavy atom. The SMILES string of the molecule is COCCNc1cc(NC(=O)N2CCCc3cc(Cn4cc(C)ncc4=O)c(C=O)nc32)ncc1C#N. The maximum Gasteiger partial charge on any atom is 0.328 e. The normalized spacial score (nSPS) is 12.4. The van der Waals surface area contributed by atoms with Crippen LogP contribution in [-0.2, 0) is 17.7 Å². The molecule has 3 aromatic rings. The molecule has 0 saturated carbocycles. The zero-order chi connectivity index (χ0) is 26.4. The van der Waals surface area contributed by atoms with Gasteiger partial charge in [0.05, 0.1) is 36.3 Å². The number of methoxy groups -OCH3 is 1. The number of nitrogens with zero attached hydrogens (tertiary/aromatic N) is 6. The Hall–Kier alpha value is -4.63. The van der Waals surface area contributed by atoms with Gasteiger partial charge in [-0.3, -0.25) is 24.8 Å². The van der Waals surface area contributed by atoms with Gasteiger partial charge in [-0.2, -0.15) is 5.26 Å². The molecule has 2 N–H and O–H groups in total. The zero-order valence-electron chi connectivity index (χ0n) is 20.5. The molecule has 0 saturated heterocycles. The van der Waals surface area contributed by atoms with Crippen molar-refractivity contribution in [1.82, 2.24) is 19.5 Å². The lowest BCUT2D eigenvalue weighted by molar-refractivity contribution is 0.111. The Bertz CT molecular complexity index is 1430. The van der Waals surface area contributed by atoms with Crippen molar-refractivity contribution < 1.29 is 14.3 Å². The molecule has 0 unspecified atom stereocenters. The van der Waals surface area contributed by atoms with Gasteiger partial charge in [0.2, 0.25) is 0 Å². The molecular weight excluding hydrogens is 476 g/mol. The van der Waals surface area contributed by atoms with E-state index in [0.717, 1.165) is 5.56 Å². The van der Waals surface area contributed by atoms with Gasteiger partial charge in [0.15, 0.2) is 6.29 Å². The third-order valence-corrected chi connectivity index (χ3v) is 5.86. The van der Waals surface area contributed by atoms with Crippen molar-refractivity contribution in [3.8, 4) is 6.07 Å². The van der Waals surface area contributed by atoms with Gasteiger partial charge in [0.1, 0.15) is 23.4 Å². The molecule has 12 heteroatoms. The first-order chi connectivity index (χ1) is 17.9. The number of carbonyl (C=O) groups is 2. The minimum atomic E-state index is -0.459. The lowest BCUT2D eigenvalue weighted by Crippen LogP contribution is -2.40. The maximum absolute atomic E-state index is 13.2. The molecule has 1 aliphatic heterocycles. The highest BCUT2D eigenvalue weighted by Crippen LogP contribution is 2.28. The summed E-state index contributed by atoms with van der Waals surface area (Å²) < 4.78 is 6.50. The van der Waals surface area contributed by atoms with Gasteiger partial charge in [0, 0.05) is 44.2 Å². The molecule has 1 aliphatic rings. The Morgan fingerprint density at radius 1 is 1.30 bits per heavy atom. The van der Waals surface area contributed by atoms with Crippen molar-refractivity contribution in [2.24, 2.45) is 0 Å². The number of anilines is 3. The van der Waals surface area contributed by atoms with Gasteiger partial charge >= 0.3 is 6.03 Å². The molecule has 12 nitrogen and oxygen atoms in total. The molecule has 0 fully saturated rings. The van der Waals surface area contributed by atoms with Crippen LogP contribution in [0.1, 0.15) is 39.3 Å². The molecule has 0 bridgehead atoms. The van der Waals surface area contributed by atoms with Gasteiger partial charge in [0.25, 0.3) is 5.56 Å². The number of urea groups is 1. The summed E-state index contributed by atoms with van der Waals surface area (Å²) in [4.78, 5) is 51.4. The predicted octanol–water partition coefficient (Wildman–Crippen LogP) is 2.12. The summed E-state index contributed by atoms with van der Waals surface area (Å²) in [6.07, 6.45) is 6.24. The summed E-state index contributed by atoms with van der Waals surface area (Å²) in [7, 11) is 1.58. The van der Waals surface area contributed by atoms with Crippen LogP contribution < -0.4 is 21.1 Å². The molecule has 0 radical (unpaired) electrons. The van der Waals surface area contributed by atoms with E-state index in [2.05, 4.69) is 31.7 Å². The van der Waals surface area contributed by atoms with Crippen LogP contribution in [0.2, 0.25) is 0 Å². The Labute approximate surface area is 212 Å². The third kappa shape index (κ3) is 5.79. The van der Waals surface area contributed by atoms with Crippen molar-refractivity contribution in [2.45, 2.75) is 26.3 Å². The molecule has 0 atom stereocenters. The number of rotatable bonds is 8. The van der Waals surface area contributed by atoms with Gasteiger partial charge in [-0.25, -0.2) is 14.8 Å². The second-order valence-electron chi connectivity index (χ2n) is 8.46. The van der Waals surface area contributed by atoms with Crippen LogP contribution in [0.5, 0.6) is 0 Å². The van der Waals surface area contributed by atoms with Gasteiger partial charge in [-0.15, -0.1) is 0 Å². The lowest BCUT2D eigenvalue weighted by atomic mass is 10.0. The quantitative estimate of drug-likeness (QED) is 0.348. The number of fused-ring (bicyclic) bond motifs is 1. The first-order valence-electron chi connectivity index (χ1n) is 11.7. The average molecular weight is 503 g/mol. The highest BCUT2D eigenvalue weighted by Gasteiger charge is 2.26. The molecule has 190 valence electrons. The third-order valence-electron chi connectivity index (χ3n) is 5.86. The fraction of sp³-hybridized carbons (Fsp3) is 0.320. The highest BCUT2D eigenvalue weighted by atomic mass is 16.5. The summed E-state index contributed by atoms with van der Waals surface area (Å²) in [5.41, 5.74) is 2.80. The van der Waals surface area contributed by atoms with E-state index in [9.17, 15) is 19.6 Å². The van der Waals surface area contributed by atoms with E-state index in [1.54, 1.807) is 26.3 Å². The number of aryl methyl sites for hydroxylation is 2. The monoisotopic (exact) mass is 502 g/mol. The molecule has 0 aromatic carbocycles. The molecule has 2 amide bonds. The molecule has 37 heavy (non-hydrogen) atoms. The van der Waals surface area contributed by atoms with Crippen LogP contribution >= 0.6 is 0 Å².